The van der Waals surface area contributed by atoms with Crippen LogP contribution in [-0.4, -0.2) is 68.3 Å². The molecule has 1 aliphatic heterocycles. The topological polar surface area (TPSA) is 180 Å². The Morgan fingerprint density at radius 1 is 0.825 bits per heavy atom. The average molecular weight is 774 g/mol. The van der Waals surface area contributed by atoms with Gasteiger partial charge >= 0.3 is 18.0 Å². The van der Waals surface area contributed by atoms with Crippen LogP contribution in [0.15, 0.2) is 97.1 Å². The van der Waals surface area contributed by atoms with Gasteiger partial charge in [0.15, 0.2) is 5.78 Å². The van der Waals surface area contributed by atoms with Crippen molar-refractivity contribution < 1.29 is 38.2 Å². The number of ether oxygens (including phenoxy) is 2. The maximum Gasteiger partial charge on any atom is 0.363 e. The summed E-state index contributed by atoms with van der Waals surface area (Å²) in [6.45, 7) is 11.7. The summed E-state index contributed by atoms with van der Waals surface area (Å²) in [5.74, 6) is -5.59. The van der Waals surface area contributed by atoms with Gasteiger partial charge < -0.3 is 20.1 Å². The minimum Gasteiger partial charge on any atom is -0.460 e. The first-order chi connectivity index (χ1) is 26.6. The van der Waals surface area contributed by atoms with E-state index in [9.17, 15) is 19.6 Å². The number of hydrogen-bond acceptors (Lipinski definition) is 10. The molecule has 1 heterocycles. The number of nitrogens with two attached hydrogens (primary N) is 1. The summed E-state index contributed by atoms with van der Waals surface area (Å²) in [4.78, 5) is 90.8. The highest BCUT2D eigenvalue weighted by atomic mass is 16.6. The predicted molar refractivity (Wildman–Crippen MR) is 212 cm³/mol. The molecule has 57 heavy (non-hydrogen) atoms. The number of Topliss-reactive ketones (excluding diaryl/α,β-unsaturated/α-hetero) is 1. The molecular weight excluding hydrogens is 727 g/mol. The van der Waals surface area contributed by atoms with Crippen molar-refractivity contribution in [1.82, 2.24) is 9.80 Å². The van der Waals surface area contributed by atoms with Gasteiger partial charge in [-0.2, -0.15) is 5.26 Å². The van der Waals surface area contributed by atoms with Gasteiger partial charge in [-0.25, -0.2) is 14.5 Å². The number of carbonyl (C=O) groups is 6. The van der Waals surface area contributed by atoms with E-state index >= 15 is 14.4 Å². The van der Waals surface area contributed by atoms with Gasteiger partial charge in [-0.1, -0.05) is 66.7 Å². The van der Waals surface area contributed by atoms with E-state index in [1.54, 1.807) is 32.9 Å². The molecule has 3 atom stereocenters. The van der Waals surface area contributed by atoms with Crippen LogP contribution in [0.4, 0.5) is 10.5 Å². The Labute approximate surface area is 331 Å². The van der Waals surface area contributed by atoms with Crippen molar-refractivity contribution in [2.45, 2.75) is 96.8 Å². The van der Waals surface area contributed by atoms with E-state index in [1.165, 1.54) is 81.1 Å². The molecule has 0 spiro atoms. The van der Waals surface area contributed by atoms with Crippen molar-refractivity contribution in [3.05, 3.63) is 114 Å². The fourth-order valence-corrected chi connectivity index (χ4v) is 6.87. The number of urea groups is 1. The van der Waals surface area contributed by atoms with Crippen LogP contribution in [0.2, 0.25) is 0 Å². The van der Waals surface area contributed by atoms with Gasteiger partial charge in [0.1, 0.15) is 16.7 Å². The summed E-state index contributed by atoms with van der Waals surface area (Å²) >= 11 is 0. The highest BCUT2D eigenvalue weighted by Gasteiger charge is 2.70. The number of amides is 4. The second-order valence-electron chi connectivity index (χ2n) is 16.1. The van der Waals surface area contributed by atoms with Crippen molar-refractivity contribution in [2.24, 2.45) is 5.73 Å². The molecule has 4 aromatic rings. The molecule has 0 radical (unpaired) electrons. The molecule has 13 nitrogen and oxygen atoms in total. The summed E-state index contributed by atoms with van der Waals surface area (Å²) in [6, 6.07) is 25.8. The Morgan fingerprint density at radius 2 is 1.40 bits per heavy atom. The summed E-state index contributed by atoms with van der Waals surface area (Å²) in [5.41, 5.74) is 0.165. The van der Waals surface area contributed by atoms with Crippen molar-refractivity contribution in [2.75, 3.05) is 4.90 Å². The first kappa shape index (κ1) is 41.8. The van der Waals surface area contributed by atoms with Crippen LogP contribution in [0.1, 0.15) is 78.5 Å². The van der Waals surface area contributed by atoms with Crippen molar-refractivity contribution in [3.8, 4) is 6.07 Å². The van der Waals surface area contributed by atoms with E-state index in [4.69, 9.17) is 15.2 Å². The first-order valence-electron chi connectivity index (χ1n) is 18.4. The zero-order valence-electron chi connectivity index (χ0n) is 33.4. The van der Waals surface area contributed by atoms with E-state index in [2.05, 4.69) is 0 Å². The molecule has 5 rings (SSSR count). The van der Waals surface area contributed by atoms with E-state index < -0.39 is 70.4 Å². The number of hydrogen-bond donors (Lipinski definition) is 1. The van der Waals surface area contributed by atoms with Crippen LogP contribution in [-0.2, 0) is 45.5 Å². The Hall–Kier alpha value is -6.39. The Morgan fingerprint density at radius 3 is 1.96 bits per heavy atom. The van der Waals surface area contributed by atoms with Crippen LogP contribution < -0.4 is 10.6 Å². The number of nitriles is 1. The monoisotopic (exact) mass is 773 g/mol. The Balaban J connectivity index is 1.80. The number of imide groups is 1. The average Bonchev–Trinajstić information content (AvgIpc) is 3.32. The van der Waals surface area contributed by atoms with Crippen LogP contribution in [0.3, 0.4) is 0 Å². The normalized spacial score (nSPS) is 17.4. The molecule has 1 saturated heterocycles. The van der Waals surface area contributed by atoms with E-state index in [0.29, 0.717) is 15.4 Å². The molecule has 0 unspecified atom stereocenters. The van der Waals surface area contributed by atoms with E-state index in [1.807, 2.05) is 42.5 Å². The van der Waals surface area contributed by atoms with Gasteiger partial charge in [0.05, 0.1) is 24.1 Å². The van der Waals surface area contributed by atoms with E-state index in [-0.39, 0.29) is 23.4 Å². The van der Waals surface area contributed by atoms with Gasteiger partial charge in [0.25, 0.3) is 11.6 Å². The minimum absolute atomic E-state index is 0.100. The largest absolute Gasteiger partial charge is 0.460 e. The summed E-state index contributed by atoms with van der Waals surface area (Å²) in [6.07, 6.45) is -0.680. The van der Waals surface area contributed by atoms with Crippen LogP contribution in [0.5, 0.6) is 0 Å². The standard InChI is InChI=1S/C44H47N5O8/c1-28(50)44(39(54)57-42(5,6)7,48(34-16-10-9-11-17-34)37(52)35(46)25-36(51)56-41(2,3)4)49-38(53)43(8,33-22-19-29(26-45)20-23-33)47(40(49)55)27-30-18-21-31-14-12-13-15-32(31)24-30/h9-24,35H,25,27,46H2,1-8H3/t35-,43+,44-/m0/s1. The first-order valence-corrected chi connectivity index (χ1v) is 18.4. The van der Waals surface area contributed by atoms with E-state index in [0.717, 1.165) is 17.7 Å². The number of ketones is 1. The zero-order chi connectivity index (χ0) is 42.1. The lowest BCUT2D eigenvalue weighted by atomic mass is 9.88. The molecule has 0 aromatic heterocycles. The smallest absolute Gasteiger partial charge is 0.363 e. The van der Waals surface area contributed by atoms with Gasteiger partial charge in [-0.15, -0.1) is 0 Å². The predicted octanol–water partition coefficient (Wildman–Crippen LogP) is 6.11. The Bertz CT molecular complexity index is 2270. The molecule has 4 aromatic carbocycles. The van der Waals surface area contributed by atoms with Crippen molar-refractivity contribution in [3.63, 3.8) is 0 Å². The number of esters is 2. The third-order valence-corrected chi connectivity index (χ3v) is 9.49. The summed E-state index contributed by atoms with van der Waals surface area (Å²) in [5, 5.41) is 11.4. The van der Waals surface area contributed by atoms with Crippen LogP contribution in [0.25, 0.3) is 10.8 Å². The highest BCUT2D eigenvalue weighted by molar-refractivity contribution is 6.24. The summed E-state index contributed by atoms with van der Waals surface area (Å²) < 4.78 is 11.3. The number of benzene rings is 4. The third kappa shape index (κ3) is 8.13. The van der Waals surface area contributed by atoms with Crippen LogP contribution in [0, 0.1) is 11.3 Å². The summed E-state index contributed by atoms with van der Waals surface area (Å²) in [7, 11) is 0. The van der Waals surface area contributed by atoms with Gasteiger partial charge in [0, 0.05) is 12.2 Å². The fourth-order valence-electron chi connectivity index (χ4n) is 6.87. The quantitative estimate of drug-likeness (QED) is 0.106. The molecule has 1 fully saturated rings. The molecule has 296 valence electrons. The second-order valence-corrected chi connectivity index (χ2v) is 16.1. The third-order valence-electron chi connectivity index (χ3n) is 9.49. The lowest BCUT2D eigenvalue weighted by molar-refractivity contribution is -0.174. The lowest BCUT2D eigenvalue weighted by Gasteiger charge is -2.45. The molecule has 2 N–H and O–H groups in total. The number of fused-ring (bicyclic) bond motifs is 1. The lowest BCUT2D eigenvalue weighted by Crippen LogP contribution is -2.75. The number of nitrogens with zero attached hydrogens (tertiary/aromatic N) is 4. The maximum absolute atomic E-state index is 15.5. The van der Waals surface area contributed by atoms with Gasteiger partial charge in [-0.05, 0) is 108 Å². The van der Waals surface area contributed by atoms with Crippen LogP contribution >= 0.6 is 0 Å². The molecular formula is C44H47N5O8. The molecule has 0 aliphatic carbocycles. The number of carbonyl (C=O) groups excluding carboxylic acids is 6. The number of anilines is 1. The molecule has 0 bridgehead atoms. The Kier molecular flexibility index (Phi) is 11.5. The minimum atomic E-state index is -3.14. The highest BCUT2D eigenvalue weighted by Crippen LogP contribution is 2.45. The molecule has 0 saturated carbocycles. The molecule has 4 amide bonds. The zero-order valence-corrected chi connectivity index (χ0v) is 33.4. The number of para-hydroxylation sites is 1. The number of rotatable bonds is 11. The maximum atomic E-state index is 15.5. The van der Waals surface area contributed by atoms with Gasteiger partial charge in [0.2, 0.25) is 5.91 Å². The second kappa shape index (κ2) is 15.6. The van der Waals surface area contributed by atoms with Crippen molar-refractivity contribution in [1.29, 1.82) is 5.26 Å². The van der Waals surface area contributed by atoms with Crippen molar-refractivity contribution >= 4 is 52.0 Å². The molecule has 13 heteroatoms. The fraction of sp³-hybridized carbons (Fsp3) is 0.341. The van der Waals surface area contributed by atoms with Gasteiger partial charge in [-0.3, -0.25) is 24.1 Å². The molecule has 1 aliphatic rings. The SMILES string of the molecule is CC(=O)[C@@](C(=O)OC(C)(C)C)(N1C(=O)N(Cc2ccc3ccccc3c2)[C@](C)(c2ccc(C#N)cc2)C1=O)N(C(=O)[C@@H](N)CC(=O)OC(C)(C)C)c1ccccc1.